The second-order valence-corrected chi connectivity index (χ2v) is 7.79. The van der Waals surface area contributed by atoms with Crippen LogP contribution in [0.25, 0.3) is 11.4 Å². The molecular weight excluding hydrogens is 360 g/mol. The topological polar surface area (TPSA) is 51.0 Å². The lowest BCUT2D eigenvalue weighted by Gasteiger charge is -2.34. The number of aromatic nitrogens is 3. The van der Waals surface area contributed by atoms with Gasteiger partial charge in [-0.05, 0) is 50.3 Å². The van der Waals surface area contributed by atoms with Crippen LogP contribution in [-0.2, 0) is 11.2 Å². The van der Waals surface area contributed by atoms with E-state index in [1.807, 2.05) is 29.4 Å². The van der Waals surface area contributed by atoms with Crippen LogP contribution >= 0.6 is 0 Å². The van der Waals surface area contributed by atoms with Crippen molar-refractivity contribution in [2.45, 2.75) is 45.1 Å². The number of carbonyl (C=O) groups is 1. The summed E-state index contributed by atoms with van der Waals surface area (Å²) >= 11 is 0. The normalized spacial score (nSPS) is 14.9. The van der Waals surface area contributed by atoms with E-state index in [-0.39, 0.29) is 5.91 Å². The minimum Gasteiger partial charge on any atom is -0.343 e. The molecule has 3 heterocycles. The molecule has 0 spiro atoms. The van der Waals surface area contributed by atoms with Crippen molar-refractivity contribution in [2.24, 2.45) is 0 Å². The largest absolute Gasteiger partial charge is 0.343 e. The number of likely N-dealkylation sites (tertiary alicyclic amines) is 1. The van der Waals surface area contributed by atoms with E-state index in [9.17, 15) is 4.79 Å². The smallest absolute Gasteiger partial charge is 0.222 e. The predicted molar refractivity (Wildman–Crippen MR) is 114 cm³/mol. The molecule has 1 saturated heterocycles. The van der Waals surface area contributed by atoms with Gasteiger partial charge < -0.3 is 9.47 Å². The van der Waals surface area contributed by atoms with Crippen LogP contribution in [0, 0.1) is 6.92 Å². The van der Waals surface area contributed by atoms with Gasteiger partial charge in [-0.2, -0.15) is 0 Å². The zero-order valence-electron chi connectivity index (χ0n) is 17.0. The summed E-state index contributed by atoms with van der Waals surface area (Å²) in [6.07, 6.45) is 10.0. The summed E-state index contributed by atoms with van der Waals surface area (Å²) < 4.78 is 2.33. The molecular formula is C24H28N4O. The fraction of sp³-hybridized carbons (Fsp3) is 0.375. The first-order chi connectivity index (χ1) is 14.2. The number of hydrogen-bond acceptors (Lipinski definition) is 3. The van der Waals surface area contributed by atoms with E-state index in [0.717, 1.165) is 55.9 Å². The van der Waals surface area contributed by atoms with Gasteiger partial charge in [-0.15, -0.1) is 0 Å². The number of benzene rings is 1. The molecule has 1 aliphatic rings. The first-order valence-electron chi connectivity index (χ1n) is 10.5. The fourth-order valence-corrected chi connectivity index (χ4v) is 4.24. The number of nitrogens with zero attached hydrogens (tertiary/aromatic N) is 4. The maximum Gasteiger partial charge on any atom is 0.222 e. The highest BCUT2D eigenvalue weighted by Gasteiger charge is 2.26. The Hall–Kier alpha value is -2.95. The van der Waals surface area contributed by atoms with Crippen molar-refractivity contribution in [3.05, 3.63) is 72.3 Å². The molecule has 5 heteroatoms. The molecule has 4 rings (SSSR count). The number of pyridine rings is 1. The van der Waals surface area contributed by atoms with E-state index in [2.05, 4.69) is 51.8 Å². The monoisotopic (exact) mass is 388 g/mol. The molecule has 29 heavy (non-hydrogen) atoms. The molecule has 0 N–H and O–H groups in total. The van der Waals surface area contributed by atoms with Gasteiger partial charge in [-0.1, -0.05) is 30.3 Å². The molecule has 0 unspecified atom stereocenters. The van der Waals surface area contributed by atoms with Gasteiger partial charge in [0.2, 0.25) is 5.91 Å². The molecule has 2 aromatic heterocycles. The molecule has 0 radical (unpaired) electrons. The van der Waals surface area contributed by atoms with Gasteiger partial charge in [0.15, 0.2) is 0 Å². The van der Waals surface area contributed by atoms with Gasteiger partial charge in [0.1, 0.15) is 5.82 Å². The van der Waals surface area contributed by atoms with Crippen LogP contribution in [-0.4, -0.2) is 38.4 Å². The third-order valence-corrected chi connectivity index (χ3v) is 5.78. The van der Waals surface area contributed by atoms with E-state index in [0.29, 0.717) is 12.5 Å². The van der Waals surface area contributed by atoms with Gasteiger partial charge in [0.05, 0.1) is 0 Å². The number of rotatable bonds is 6. The van der Waals surface area contributed by atoms with Gasteiger partial charge in [-0.25, -0.2) is 4.98 Å². The van der Waals surface area contributed by atoms with Crippen molar-refractivity contribution >= 4 is 5.91 Å². The number of aryl methyl sites for hydroxylation is 2. The molecule has 1 amide bonds. The summed E-state index contributed by atoms with van der Waals surface area (Å²) in [6, 6.07) is 14.8. The highest BCUT2D eigenvalue weighted by Crippen LogP contribution is 2.30. The van der Waals surface area contributed by atoms with Crippen molar-refractivity contribution < 1.29 is 4.79 Å². The van der Waals surface area contributed by atoms with E-state index in [1.54, 1.807) is 6.20 Å². The Morgan fingerprint density at radius 1 is 1.07 bits per heavy atom. The molecule has 0 saturated carbocycles. The second-order valence-electron chi connectivity index (χ2n) is 7.79. The SMILES string of the molecule is Cc1cnc(-c2cccnc2)n1C1CCN(C(=O)CCCc2ccccc2)CC1. The molecule has 3 aromatic rings. The number of piperidine rings is 1. The molecule has 1 fully saturated rings. The average Bonchev–Trinajstić information content (AvgIpc) is 3.16. The Balaban J connectivity index is 1.33. The summed E-state index contributed by atoms with van der Waals surface area (Å²) in [5.74, 6) is 1.26. The third-order valence-electron chi connectivity index (χ3n) is 5.78. The van der Waals surface area contributed by atoms with E-state index >= 15 is 0 Å². The van der Waals surface area contributed by atoms with Crippen LogP contribution in [0.2, 0.25) is 0 Å². The lowest BCUT2D eigenvalue weighted by Crippen LogP contribution is -2.39. The summed E-state index contributed by atoms with van der Waals surface area (Å²) in [5, 5.41) is 0. The highest BCUT2D eigenvalue weighted by molar-refractivity contribution is 5.76. The van der Waals surface area contributed by atoms with Crippen LogP contribution in [0.5, 0.6) is 0 Å². The molecule has 150 valence electrons. The quantitative estimate of drug-likeness (QED) is 0.627. The Morgan fingerprint density at radius 3 is 2.59 bits per heavy atom. The first kappa shape index (κ1) is 19.4. The lowest BCUT2D eigenvalue weighted by atomic mass is 10.0. The Morgan fingerprint density at radius 2 is 1.86 bits per heavy atom. The number of amides is 1. The van der Waals surface area contributed by atoms with Gasteiger partial charge in [0, 0.05) is 55.4 Å². The Kier molecular flexibility index (Phi) is 6.03. The Bertz CT molecular complexity index is 928. The van der Waals surface area contributed by atoms with Crippen molar-refractivity contribution in [1.29, 1.82) is 0 Å². The van der Waals surface area contributed by atoms with Crippen molar-refractivity contribution in [1.82, 2.24) is 19.4 Å². The van der Waals surface area contributed by atoms with Crippen LogP contribution in [0.1, 0.15) is 43.0 Å². The van der Waals surface area contributed by atoms with Gasteiger partial charge in [0.25, 0.3) is 0 Å². The van der Waals surface area contributed by atoms with E-state index in [4.69, 9.17) is 0 Å². The van der Waals surface area contributed by atoms with Crippen LogP contribution in [0.4, 0.5) is 0 Å². The molecule has 5 nitrogen and oxygen atoms in total. The second kappa shape index (κ2) is 9.03. The molecule has 0 aliphatic carbocycles. The maximum atomic E-state index is 12.6. The highest BCUT2D eigenvalue weighted by atomic mass is 16.2. The molecule has 0 bridgehead atoms. The predicted octanol–water partition coefficient (Wildman–Crippen LogP) is 4.44. The summed E-state index contributed by atoms with van der Waals surface area (Å²) in [7, 11) is 0. The zero-order valence-corrected chi connectivity index (χ0v) is 17.0. The number of hydrogen-bond donors (Lipinski definition) is 0. The maximum absolute atomic E-state index is 12.6. The van der Waals surface area contributed by atoms with Crippen molar-refractivity contribution in [2.75, 3.05) is 13.1 Å². The van der Waals surface area contributed by atoms with E-state index in [1.165, 1.54) is 5.56 Å². The average molecular weight is 389 g/mol. The Labute approximate surface area is 172 Å². The van der Waals surface area contributed by atoms with Crippen LogP contribution in [0.3, 0.4) is 0 Å². The number of imidazole rings is 1. The standard InChI is InChI=1S/C24H28N4O/c1-19-17-26-24(21-10-6-14-25-18-21)28(19)22-12-15-27(16-13-22)23(29)11-5-9-20-7-3-2-4-8-20/h2-4,6-8,10,14,17-18,22H,5,9,11-13,15-16H2,1H3. The fourth-order valence-electron chi connectivity index (χ4n) is 4.24. The van der Waals surface area contributed by atoms with Gasteiger partial charge in [-0.3, -0.25) is 9.78 Å². The minimum atomic E-state index is 0.286. The summed E-state index contributed by atoms with van der Waals surface area (Å²) in [5.41, 5.74) is 3.51. The third kappa shape index (κ3) is 4.56. The van der Waals surface area contributed by atoms with E-state index < -0.39 is 0 Å². The number of carbonyl (C=O) groups excluding carboxylic acids is 1. The first-order valence-corrected chi connectivity index (χ1v) is 10.5. The zero-order chi connectivity index (χ0) is 20.1. The molecule has 1 aliphatic heterocycles. The van der Waals surface area contributed by atoms with Gasteiger partial charge >= 0.3 is 0 Å². The molecule has 1 aromatic carbocycles. The summed E-state index contributed by atoms with van der Waals surface area (Å²) in [6.45, 7) is 3.74. The van der Waals surface area contributed by atoms with Crippen LogP contribution in [0.15, 0.2) is 61.1 Å². The van der Waals surface area contributed by atoms with Crippen molar-refractivity contribution in [3.8, 4) is 11.4 Å². The minimum absolute atomic E-state index is 0.286. The molecule has 0 atom stereocenters. The lowest BCUT2D eigenvalue weighted by molar-refractivity contribution is -0.132. The van der Waals surface area contributed by atoms with Crippen molar-refractivity contribution in [3.63, 3.8) is 0 Å². The summed E-state index contributed by atoms with van der Waals surface area (Å²) in [4.78, 5) is 23.5. The van der Waals surface area contributed by atoms with Crippen LogP contribution < -0.4 is 0 Å².